The van der Waals surface area contributed by atoms with E-state index in [9.17, 15) is 18.0 Å². The van der Waals surface area contributed by atoms with Gasteiger partial charge in [0.15, 0.2) is 0 Å². The van der Waals surface area contributed by atoms with Crippen LogP contribution in [0.1, 0.15) is 34.6 Å². The van der Waals surface area contributed by atoms with Crippen molar-refractivity contribution in [3.05, 3.63) is 66.7 Å². The van der Waals surface area contributed by atoms with Crippen LogP contribution in [0.5, 0.6) is 0 Å². The molecule has 7 nitrogen and oxygen atoms in total. The van der Waals surface area contributed by atoms with Gasteiger partial charge in [-0.3, -0.25) is 9.59 Å². The van der Waals surface area contributed by atoms with Crippen molar-refractivity contribution >= 4 is 44.0 Å². The summed E-state index contributed by atoms with van der Waals surface area (Å²) in [5.74, 6) is -0.876. The second kappa shape index (κ2) is 9.95. The van der Waals surface area contributed by atoms with Crippen molar-refractivity contribution in [3.63, 3.8) is 0 Å². The maximum absolute atomic E-state index is 13.0. The van der Waals surface area contributed by atoms with Gasteiger partial charge in [-0.05, 0) is 53.1 Å². The van der Waals surface area contributed by atoms with Crippen LogP contribution in [-0.2, 0) is 19.6 Å². The van der Waals surface area contributed by atoms with Gasteiger partial charge in [0, 0.05) is 16.8 Å². The van der Waals surface area contributed by atoms with Crippen LogP contribution in [0.15, 0.2) is 71.6 Å². The van der Waals surface area contributed by atoms with Crippen LogP contribution in [0.3, 0.4) is 0 Å². The third-order valence-electron chi connectivity index (χ3n) is 5.35. The molecule has 0 aromatic heterocycles. The van der Waals surface area contributed by atoms with Crippen LogP contribution >= 0.6 is 0 Å². The third-order valence-corrected chi connectivity index (χ3v) is 6.79. The van der Waals surface area contributed by atoms with Crippen LogP contribution in [0.25, 0.3) is 10.8 Å². The summed E-state index contributed by atoms with van der Waals surface area (Å²) >= 11 is 0. The number of fused-ring (bicyclic) bond motifs is 1. The van der Waals surface area contributed by atoms with E-state index in [1.807, 2.05) is 45.0 Å². The Kier molecular flexibility index (Phi) is 7.43. The lowest BCUT2D eigenvalue weighted by Gasteiger charge is -2.22. The Morgan fingerprint density at radius 2 is 1.35 bits per heavy atom. The minimum absolute atomic E-state index is 0.101. The number of anilines is 2. The van der Waals surface area contributed by atoms with E-state index >= 15 is 0 Å². The topological polar surface area (TPSA) is 104 Å². The fourth-order valence-electron chi connectivity index (χ4n) is 3.24. The number of hydrogen-bond donors (Lipinski definition) is 3. The zero-order chi connectivity index (χ0) is 25.1. The van der Waals surface area contributed by atoms with E-state index in [-0.39, 0.29) is 16.7 Å². The van der Waals surface area contributed by atoms with Crippen LogP contribution in [0.4, 0.5) is 11.4 Å². The molecule has 0 aliphatic rings. The van der Waals surface area contributed by atoms with Crippen molar-refractivity contribution in [1.82, 2.24) is 4.72 Å². The second-order valence-corrected chi connectivity index (χ2v) is 11.3. The number of hydrogen-bond acceptors (Lipinski definition) is 4. The maximum atomic E-state index is 13.0. The van der Waals surface area contributed by atoms with Crippen molar-refractivity contribution in [2.75, 3.05) is 10.6 Å². The largest absolute Gasteiger partial charge is 0.326 e. The summed E-state index contributed by atoms with van der Waals surface area (Å²) in [5, 5.41) is 7.31. The summed E-state index contributed by atoms with van der Waals surface area (Å²) in [6, 6.07) is 18.1. The Bertz CT molecular complexity index is 1290. The molecule has 0 radical (unpaired) electrons. The molecule has 0 saturated heterocycles. The van der Waals surface area contributed by atoms with Crippen LogP contribution in [-0.4, -0.2) is 26.3 Å². The highest BCUT2D eigenvalue weighted by Crippen LogP contribution is 2.21. The van der Waals surface area contributed by atoms with Gasteiger partial charge in [-0.15, -0.1) is 0 Å². The van der Waals surface area contributed by atoms with E-state index in [1.54, 1.807) is 50.2 Å². The molecule has 0 aliphatic heterocycles. The van der Waals surface area contributed by atoms with Gasteiger partial charge in [0.1, 0.15) is 6.04 Å². The first-order chi connectivity index (χ1) is 15.9. The molecule has 0 aliphatic carbocycles. The molecule has 0 fully saturated rings. The Labute approximate surface area is 201 Å². The Balaban J connectivity index is 1.73. The molecule has 8 heteroatoms. The minimum atomic E-state index is -3.93. The Morgan fingerprint density at radius 1 is 0.794 bits per heavy atom. The highest BCUT2D eigenvalue weighted by atomic mass is 32.2. The standard InChI is InChI=1S/C26H31N3O4S/c1-17(2)23(29-34(32,33)22-15-10-18-8-6-7-9-19(18)16-22)24(30)27-20-11-13-21(14-12-20)28-25(31)26(3,4)5/h6-17,23,29H,1-5H3,(H,27,30)(H,28,31). The summed E-state index contributed by atoms with van der Waals surface area (Å²) in [6.45, 7) is 9.02. The average Bonchev–Trinajstić information content (AvgIpc) is 2.77. The summed E-state index contributed by atoms with van der Waals surface area (Å²) < 4.78 is 28.6. The fraction of sp³-hybridized carbons (Fsp3) is 0.308. The second-order valence-electron chi connectivity index (χ2n) is 9.62. The number of carbonyl (C=O) groups excluding carboxylic acids is 2. The van der Waals surface area contributed by atoms with E-state index in [1.165, 1.54) is 6.07 Å². The van der Waals surface area contributed by atoms with Gasteiger partial charge < -0.3 is 10.6 Å². The van der Waals surface area contributed by atoms with Gasteiger partial charge in [0.25, 0.3) is 0 Å². The van der Waals surface area contributed by atoms with Crippen molar-refractivity contribution in [2.24, 2.45) is 11.3 Å². The summed E-state index contributed by atoms with van der Waals surface area (Å²) in [6.07, 6.45) is 0. The zero-order valence-corrected chi connectivity index (χ0v) is 20.9. The minimum Gasteiger partial charge on any atom is -0.326 e. The zero-order valence-electron chi connectivity index (χ0n) is 20.0. The monoisotopic (exact) mass is 481 g/mol. The van der Waals surface area contributed by atoms with Crippen LogP contribution in [0, 0.1) is 11.3 Å². The van der Waals surface area contributed by atoms with Crippen LogP contribution in [0.2, 0.25) is 0 Å². The molecule has 3 N–H and O–H groups in total. The summed E-state index contributed by atoms with van der Waals surface area (Å²) in [4.78, 5) is 25.2. The number of sulfonamides is 1. The molecular formula is C26H31N3O4S. The molecule has 1 unspecified atom stereocenters. The van der Waals surface area contributed by atoms with E-state index in [2.05, 4.69) is 15.4 Å². The van der Waals surface area contributed by atoms with Crippen molar-refractivity contribution in [3.8, 4) is 0 Å². The van der Waals surface area contributed by atoms with Gasteiger partial charge in [-0.1, -0.05) is 65.0 Å². The van der Waals surface area contributed by atoms with E-state index in [4.69, 9.17) is 0 Å². The van der Waals surface area contributed by atoms with E-state index in [0.717, 1.165) is 10.8 Å². The average molecular weight is 482 g/mol. The quantitative estimate of drug-likeness (QED) is 0.452. The number of benzene rings is 3. The molecule has 1 atom stereocenters. The lowest BCUT2D eigenvalue weighted by molar-refractivity contribution is -0.123. The molecule has 3 aromatic carbocycles. The molecule has 0 heterocycles. The van der Waals surface area contributed by atoms with Gasteiger partial charge in [-0.25, -0.2) is 8.42 Å². The molecule has 34 heavy (non-hydrogen) atoms. The number of amides is 2. The van der Waals surface area contributed by atoms with Gasteiger partial charge >= 0.3 is 0 Å². The molecule has 0 spiro atoms. The highest BCUT2D eigenvalue weighted by molar-refractivity contribution is 7.89. The Morgan fingerprint density at radius 3 is 1.91 bits per heavy atom. The Hall–Kier alpha value is -3.23. The molecule has 2 amide bonds. The van der Waals surface area contributed by atoms with E-state index < -0.39 is 27.4 Å². The van der Waals surface area contributed by atoms with Gasteiger partial charge in [-0.2, -0.15) is 4.72 Å². The molecule has 3 rings (SSSR count). The lowest BCUT2D eigenvalue weighted by Crippen LogP contribution is -2.47. The molecular weight excluding hydrogens is 450 g/mol. The first kappa shape index (κ1) is 25.4. The van der Waals surface area contributed by atoms with Gasteiger partial charge in [0.05, 0.1) is 4.90 Å². The van der Waals surface area contributed by atoms with Crippen LogP contribution < -0.4 is 15.4 Å². The summed E-state index contributed by atoms with van der Waals surface area (Å²) in [5.41, 5.74) is 0.573. The van der Waals surface area contributed by atoms with Crippen molar-refractivity contribution in [1.29, 1.82) is 0 Å². The predicted octanol–water partition coefficient (Wildman–Crippen LogP) is 4.77. The van der Waals surface area contributed by atoms with E-state index in [0.29, 0.717) is 11.4 Å². The van der Waals surface area contributed by atoms with Crippen molar-refractivity contribution < 1.29 is 18.0 Å². The number of carbonyl (C=O) groups is 2. The lowest BCUT2D eigenvalue weighted by atomic mass is 9.95. The maximum Gasteiger partial charge on any atom is 0.242 e. The van der Waals surface area contributed by atoms with Gasteiger partial charge in [0.2, 0.25) is 21.8 Å². The molecule has 180 valence electrons. The molecule has 3 aromatic rings. The third kappa shape index (κ3) is 6.21. The predicted molar refractivity (Wildman–Crippen MR) is 136 cm³/mol. The fourth-order valence-corrected chi connectivity index (χ4v) is 4.62. The smallest absolute Gasteiger partial charge is 0.242 e. The first-order valence-corrected chi connectivity index (χ1v) is 12.6. The normalized spacial score (nSPS) is 13.0. The number of rotatable bonds is 7. The molecule has 0 bridgehead atoms. The highest BCUT2D eigenvalue weighted by Gasteiger charge is 2.28. The summed E-state index contributed by atoms with van der Waals surface area (Å²) in [7, 11) is -3.93. The number of nitrogens with one attached hydrogen (secondary N) is 3. The first-order valence-electron chi connectivity index (χ1n) is 11.1. The molecule has 0 saturated carbocycles. The SMILES string of the molecule is CC(C)C(NS(=O)(=O)c1ccc2ccccc2c1)C(=O)Nc1ccc(NC(=O)C(C)(C)C)cc1. The van der Waals surface area contributed by atoms with Crippen molar-refractivity contribution in [2.45, 2.75) is 45.6 Å².